The van der Waals surface area contributed by atoms with Crippen molar-refractivity contribution in [1.29, 1.82) is 0 Å². The van der Waals surface area contributed by atoms with Gasteiger partial charge in [-0.2, -0.15) is 5.10 Å². The van der Waals surface area contributed by atoms with E-state index in [0.717, 1.165) is 38.2 Å². The Morgan fingerprint density at radius 3 is 2.56 bits per heavy atom. The van der Waals surface area contributed by atoms with Crippen molar-refractivity contribution in [1.82, 2.24) is 19.0 Å². The Labute approximate surface area is 151 Å². The molecule has 1 spiro atoms. The van der Waals surface area contributed by atoms with Crippen molar-refractivity contribution in [3.63, 3.8) is 0 Å². The first kappa shape index (κ1) is 18.8. The minimum atomic E-state index is -3.14. The highest BCUT2D eigenvalue weighted by Crippen LogP contribution is 2.45. The average molecular weight is 371 g/mol. The molecule has 3 rings (SSSR count). The summed E-state index contributed by atoms with van der Waals surface area (Å²) in [6, 6.07) is 2.14. The van der Waals surface area contributed by atoms with E-state index in [-0.39, 0.29) is 11.3 Å². The van der Waals surface area contributed by atoms with Gasteiger partial charge in [-0.1, -0.05) is 0 Å². The van der Waals surface area contributed by atoms with Crippen LogP contribution in [0.25, 0.3) is 0 Å². The van der Waals surface area contributed by atoms with Crippen molar-refractivity contribution in [2.24, 2.45) is 18.4 Å². The molecule has 142 valence electrons. The smallest absolute Gasteiger partial charge is 0.211 e. The second-order valence-electron chi connectivity index (χ2n) is 7.75. The van der Waals surface area contributed by atoms with Gasteiger partial charge in [0.05, 0.1) is 24.3 Å². The maximum Gasteiger partial charge on any atom is 0.211 e. The van der Waals surface area contributed by atoms with Gasteiger partial charge >= 0.3 is 0 Å². The quantitative estimate of drug-likeness (QED) is 0.769. The number of piperidine rings is 1. The number of hydrogen-bond acceptors (Lipinski definition) is 5. The van der Waals surface area contributed by atoms with Gasteiger partial charge in [0.25, 0.3) is 0 Å². The number of ether oxygens (including phenoxy) is 1. The fourth-order valence-corrected chi connectivity index (χ4v) is 5.37. The highest BCUT2D eigenvalue weighted by molar-refractivity contribution is 7.88. The Balaban J connectivity index is 1.67. The SMILES string of the molecule is COC[C@H]1CN(S(C)(=O)=O)CC12CCN(Cc1cc(C)nn1C)CC2. The molecule has 0 saturated carbocycles. The molecule has 3 heterocycles. The Bertz CT molecular complexity index is 707. The van der Waals surface area contributed by atoms with E-state index in [2.05, 4.69) is 16.1 Å². The summed E-state index contributed by atoms with van der Waals surface area (Å²) >= 11 is 0. The average Bonchev–Trinajstić information content (AvgIpc) is 3.03. The fourth-order valence-electron chi connectivity index (χ4n) is 4.43. The highest BCUT2D eigenvalue weighted by Gasteiger charge is 2.50. The molecule has 0 unspecified atom stereocenters. The number of sulfonamides is 1. The van der Waals surface area contributed by atoms with E-state index in [1.807, 2.05) is 18.7 Å². The Kier molecular flexibility index (Phi) is 5.26. The van der Waals surface area contributed by atoms with Gasteiger partial charge in [0.1, 0.15) is 0 Å². The topological polar surface area (TPSA) is 67.7 Å². The third-order valence-electron chi connectivity index (χ3n) is 5.95. The first-order chi connectivity index (χ1) is 11.7. The van der Waals surface area contributed by atoms with Crippen LogP contribution in [0.5, 0.6) is 0 Å². The third-order valence-corrected chi connectivity index (χ3v) is 7.17. The zero-order valence-electron chi connectivity index (χ0n) is 15.7. The van der Waals surface area contributed by atoms with Crippen LogP contribution in [-0.2, 0) is 28.4 Å². The van der Waals surface area contributed by atoms with Gasteiger partial charge in [-0.05, 0) is 44.3 Å². The van der Waals surface area contributed by atoms with Gasteiger partial charge in [-0.15, -0.1) is 0 Å². The number of likely N-dealkylation sites (tertiary alicyclic amines) is 1. The monoisotopic (exact) mass is 370 g/mol. The molecule has 0 aromatic carbocycles. The predicted octanol–water partition coefficient (Wildman–Crippen LogP) is 0.849. The second kappa shape index (κ2) is 6.98. The van der Waals surface area contributed by atoms with Gasteiger partial charge in [0, 0.05) is 39.7 Å². The van der Waals surface area contributed by atoms with Crippen molar-refractivity contribution in [3.8, 4) is 0 Å². The third kappa shape index (κ3) is 3.92. The Morgan fingerprint density at radius 2 is 2.04 bits per heavy atom. The van der Waals surface area contributed by atoms with Gasteiger partial charge in [-0.25, -0.2) is 12.7 Å². The van der Waals surface area contributed by atoms with Crippen molar-refractivity contribution >= 4 is 10.0 Å². The molecule has 1 atom stereocenters. The Morgan fingerprint density at radius 1 is 1.36 bits per heavy atom. The summed E-state index contributed by atoms with van der Waals surface area (Å²) < 4.78 is 33.1. The molecule has 2 aliphatic rings. The zero-order valence-corrected chi connectivity index (χ0v) is 16.5. The van der Waals surface area contributed by atoms with Crippen molar-refractivity contribution < 1.29 is 13.2 Å². The van der Waals surface area contributed by atoms with Crippen molar-refractivity contribution in [2.45, 2.75) is 26.3 Å². The fraction of sp³-hybridized carbons (Fsp3) is 0.824. The van der Waals surface area contributed by atoms with Gasteiger partial charge in [-0.3, -0.25) is 9.58 Å². The number of aryl methyl sites for hydroxylation is 2. The zero-order chi connectivity index (χ0) is 18.2. The van der Waals surface area contributed by atoms with Crippen LogP contribution in [0.3, 0.4) is 0 Å². The molecule has 2 aliphatic heterocycles. The predicted molar refractivity (Wildman–Crippen MR) is 96.7 cm³/mol. The summed E-state index contributed by atoms with van der Waals surface area (Å²) in [7, 11) is 0.553. The lowest BCUT2D eigenvalue weighted by atomic mass is 9.71. The summed E-state index contributed by atoms with van der Waals surface area (Å²) in [6.07, 6.45) is 3.35. The largest absolute Gasteiger partial charge is 0.384 e. The van der Waals surface area contributed by atoms with Crippen molar-refractivity contribution in [3.05, 3.63) is 17.5 Å². The summed E-state index contributed by atoms with van der Waals surface area (Å²) in [5, 5.41) is 4.42. The number of methoxy groups -OCH3 is 1. The molecule has 0 radical (unpaired) electrons. The molecule has 0 amide bonds. The number of aromatic nitrogens is 2. The number of rotatable bonds is 5. The van der Waals surface area contributed by atoms with Crippen LogP contribution in [0.2, 0.25) is 0 Å². The number of nitrogens with zero attached hydrogens (tertiary/aromatic N) is 4. The lowest BCUT2D eigenvalue weighted by Gasteiger charge is -2.42. The molecule has 2 saturated heterocycles. The standard InChI is InChI=1S/C17H30N4O3S/c1-14-9-16(19(2)18-14)11-20-7-5-17(6-8-20)13-21(25(4,22)23)10-15(17)12-24-3/h9,15H,5-8,10-13H2,1-4H3/t15-/m1/s1. The molecule has 8 heteroatoms. The van der Waals surface area contributed by atoms with Gasteiger partial charge in [0.15, 0.2) is 0 Å². The molecule has 1 aromatic heterocycles. The summed E-state index contributed by atoms with van der Waals surface area (Å²) in [4.78, 5) is 2.45. The number of hydrogen-bond donors (Lipinski definition) is 0. The minimum Gasteiger partial charge on any atom is -0.384 e. The normalized spacial score (nSPS) is 25.0. The van der Waals surface area contributed by atoms with E-state index in [9.17, 15) is 8.42 Å². The van der Waals surface area contributed by atoms with E-state index in [4.69, 9.17) is 4.74 Å². The van der Waals surface area contributed by atoms with E-state index < -0.39 is 10.0 Å². The maximum atomic E-state index is 12.0. The van der Waals surface area contributed by atoms with E-state index in [1.165, 1.54) is 11.9 Å². The van der Waals surface area contributed by atoms with Gasteiger partial charge in [0.2, 0.25) is 10.0 Å². The van der Waals surface area contributed by atoms with Crippen molar-refractivity contribution in [2.75, 3.05) is 46.2 Å². The van der Waals surface area contributed by atoms with Crippen LogP contribution in [-0.4, -0.2) is 73.6 Å². The van der Waals surface area contributed by atoms with E-state index in [0.29, 0.717) is 19.7 Å². The lowest BCUT2D eigenvalue weighted by Crippen LogP contribution is -2.45. The highest BCUT2D eigenvalue weighted by atomic mass is 32.2. The molecule has 0 N–H and O–H groups in total. The van der Waals surface area contributed by atoms with Crippen LogP contribution in [0, 0.1) is 18.3 Å². The molecular weight excluding hydrogens is 340 g/mol. The molecule has 25 heavy (non-hydrogen) atoms. The van der Waals surface area contributed by atoms with Crippen LogP contribution < -0.4 is 0 Å². The summed E-state index contributed by atoms with van der Waals surface area (Å²) in [6.45, 7) is 6.75. The Hall–Kier alpha value is -0.960. The summed E-state index contributed by atoms with van der Waals surface area (Å²) in [5.41, 5.74) is 2.33. The molecular formula is C17H30N4O3S. The molecule has 7 nitrogen and oxygen atoms in total. The van der Waals surface area contributed by atoms with E-state index >= 15 is 0 Å². The van der Waals surface area contributed by atoms with Crippen LogP contribution in [0.4, 0.5) is 0 Å². The maximum absolute atomic E-state index is 12.0. The lowest BCUT2D eigenvalue weighted by molar-refractivity contribution is 0.0351. The molecule has 2 fully saturated rings. The minimum absolute atomic E-state index is 0.0535. The van der Waals surface area contributed by atoms with Crippen LogP contribution >= 0.6 is 0 Å². The first-order valence-electron chi connectivity index (χ1n) is 8.89. The van der Waals surface area contributed by atoms with Gasteiger partial charge < -0.3 is 4.74 Å². The molecule has 0 bridgehead atoms. The van der Waals surface area contributed by atoms with E-state index in [1.54, 1.807) is 11.4 Å². The summed E-state index contributed by atoms with van der Waals surface area (Å²) in [5.74, 6) is 0.285. The second-order valence-corrected chi connectivity index (χ2v) is 9.73. The molecule has 0 aliphatic carbocycles. The van der Waals surface area contributed by atoms with Crippen LogP contribution in [0.1, 0.15) is 24.2 Å². The van der Waals surface area contributed by atoms with Crippen LogP contribution in [0.15, 0.2) is 6.07 Å². The first-order valence-corrected chi connectivity index (χ1v) is 10.7. The molecule has 1 aromatic rings.